The van der Waals surface area contributed by atoms with Crippen molar-refractivity contribution >= 4 is 16.8 Å². The van der Waals surface area contributed by atoms with Crippen LogP contribution in [0.15, 0.2) is 16.5 Å². The van der Waals surface area contributed by atoms with Gasteiger partial charge in [-0.15, -0.1) is 0 Å². The van der Waals surface area contributed by atoms with Gasteiger partial charge in [0.2, 0.25) is 0 Å². The summed E-state index contributed by atoms with van der Waals surface area (Å²) in [4.78, 5) is 6.92. The molecule has 1 aromatic heterocycles. The highest BCUT2D eigenvalue weighted by Gasteiger charge is 2.17. The fourth-order valence-electron chi connectivity index (χ4n) is 2.49. The molecule has 0 unspecified atom stereocenters. The van der Waals surface area contributed by atoms with Crippen LogP contribution in [0.4, 0.5) is 5.69 Å². The SMILES string of the molecule is CCc1nc2cc(C)cc(N3CCNCC3)c2o1. The van der Waals surface area contributed by atoms with E-state index < -0.39 is 0 Å². The molecule has 0 radical (unpaired) electrons. The molecule has 0 atom stereocenters. The molecule has 4 nitrogen and oxygen atoms in total. The summed E-state index contributed by atoms with van der Waals surface area (Å²) in [7, 11) is 0. The Morgan fingerprint density at radius 2 is 2.11 bits per heavy atom. The lowest BCUT2D eigenvalue weighted by Gasteiger charge is -2.29. The highest BCUT2D eigenvalue weighted by molar-refractivity contribution is 5.87. The molecular weight excluding hydrogens is 226 g/mol. The standard InChI is InChI=1S/C14H19N3O/c1-3-13-16-11-8-10(2)9-12(14(11)18-13)17-6-4-15-5-7-17/h8-9,15H,3-7H2,1-2H3. The molecule has 0 saturated carbocycles. The number of nitrogens with zero attached hydrogens (tertiary/aromatic N) is 2. The molecule has 1 saturated heterocycles. The number of aryl methyl sites for hydroxylation is 2. The third kappa shape index (κ3) is 1.97. The Kier molecular flexibility index (Phi) is 2.96. The van der Waals surface area contributed by atoms with Crippen LogP contribution in [-0.2, 0) is 6.42 Å². The van der Waals surface area contributed by atoms with E-state index in [1.54, 1.807) is 0 Å². The topological polar surface area (TPSA) is 41.3 Å². The molecule has 0 bridgehead atoms. The monoisotopic (exact) mass is 245 g/mol. The van der Waals surface area contributed by atoms with Crippen molar-refractivity contribution in [1.82, 2.24) is 10.3 Å². The number of hydrogen-bond acceptors (Lipinski definition) is 4. The van der Waals surface area contributed by atoms with Crippen molar-refractivity contribution < 1.29 is 4.42 Å². The number of rotatable bonds is 2. The molecule has 0 amide bonds. The van der Waals surface area contributed by atoms with E-state index >= 15 is 0 Å². The minimum atomic E-state index is 0.826. The zero-order chi connectivity index (χ0) is 12.5. The molecule has 4 heteroatoms. The van der Waals surface area contributed by atoms with Gasteiger partial charge in [0.05, 0.1) is 5.69 Å². The largest absolute Gasteiger partial charge is 0.439 e. The van der Waals surface area contributed by atoms with Gasteiger partial charge in [0, 0.05) is 32.6 Å². The fourth-order valence-corrected chi connectivity index (χ4v) is 2.49. The first-order valence-corrected chi connectivity index (χ1v) is 6.63. The molecule has 1 fully saturated rings. The van der Waals surface area contributed by atoms with Crippen LogP contribution >= 0.6 is 0 Å². The van der Waals surface area contributed by atoms with Gasteiger partial charge in [0.25, 0.3) is 0 Å². The molecule has 96 valence electrons. The summed E-state index contributed by atoms with van der Waals surface area (Å²) in [5.74, 6) is 0.826. The maximum atomic E-state index is 5.88. The Hall–Kier alpha value is -1.55. The number of aromatic nitrogens is 1. The summed E-state index contributed by atoms with van der Waals surface area (Å²) < 4.78 is 5.88. The molecule has 1 N–H and O–H groups in total. The van der Waals surface area contributed by atoms with Gasteiger partial charge in [-0.25, -0.2) is 4.98 Å². The smallest absolute Gasteiger partial charge is 0.195 e. The predicted molar refractivity (Wildman–Crippen MR) is 73.2 cm³/mol. The first-order valence-electron chi connectivity index (χ1n) is 6.63. The van der Waals surface area contributed by atoms with Crippen molar-refractivity contribution in [3.63, 3.8) is 0 Å². The maximum absolute atomic E-state index is 5.88. The normalized spacial score (nSPS) is 16.4. The minimum absolute atomic E-state index is 0.826. The number of nitrogens with one attached hydrogen (secondary N) is 1. The summed E-state index contributed by atoms with van der Waals surface area (Å²) in [6.45, 7) is 8.31. The molecule has 0 aliphatic carbocycles. The van der Waals surface area contributed by atoms with Crippen LogP contribution in [-0.4, -0.2) is 31.2 Å². The average Bonchev–Trinajstić information content (AvgIpc) is 2.81. The molecule has 0 spiro atoms. The lowest BCUT2D eigenvalue weighted by atomic mass is 10.1. The summed E-state index contributed by atoms with van der Waals surface area (Å²) in [6.07, 6.45) is 0.842. The number of oxazole rings is 1. The molecule has 1 aliphatic heterocycles. The summed E-state index contributed by atoms with van der Waals surface area (Å²) in [5.41, 5.74) is 4.37. The summed E-state index contributed by atoms with van der Waals surface area (Å²) in [5, 5.41) is 3.38. The summed E-state index contributed by atoms with van der Waals surface area (Å²) >= 11 is 0. The number of fused-ring (bicyclic) bond motifs is 1. The Labute approximate surface area is 107 Å². The van der Waals surface area contributed by atoms with E-state index in [-0.39, 0.29) is 0 Å². The van der Waals surface area contributed by atoms with Crippen LogP contribution in [0.3, 0.4) is 0 Å². The van der Waals surface area contributed by atoms with E-state index in [9.17, 15) is 0 Å². The van der Waals surface area contributed by atoms with E-state index in [0.29, 0.717) is 0 Å². The van der Waals surface area contributed by atoms with E-state index in [1.165, 1.54) is 11.3 Å². The maximum Gasteiger partial charge on any atom is 0.195 e. The van der Waals surface area contributed by atoms with Crippen molar-refractivity contribution in [3.05, 3.63) is 23.6 Å². The second-order valence-corrected chi connectivity index (χ2v) is 4.83. The lowest BCUT2D eigenvalue weighted by molar-refractivity contribution is 0.533. The summed E-state index contributed by atoms with van der Waals surface area (Å²) in [6, 6.07) is 4.31. The minimum Gasteiger partial charge on any atom is -0.439 e. The van der Waals surface area contributed by atoms with Crippen molar-refractivity contribution in [2.45, 2.75) is 20.3 Å². The molecule has 1 aliphatic rings. The van der Waals surface area contributed by atoms with Gasteiger partial charge in [-0.05, 0) is 24.6 Å². The van der Waals surface area contributed by atoms with Gasteiger partial charge in [-0.2, -0.15) is 0 Å². The van der Waals surface area contributed by atoms with Crippen LogP contribution in [0.1, 0.15) is 18.4 Å². The number of piperazine rings is 1. The highest BCUT2D eigenvalue weighted by Crippen LogP contribution is 2.29. The molecular formula is C14H19N3O. The zero-order valence-electron chi connectivity index (χ0n) is 11.0. The number of anilines is 1. The van der Waals surface area contributed by atoms with E-state index in [2.05, 4.69) is 41.2 Å². The Morgan fingerprint density at radius 3 is 2.83 bits per heavy atom. The van der Waals surface area contributed by atoms with Gasteiger partial charge >= 0.3 is 0 Å². The second kappa shape index (κ2) is 4.61. The van der Waals surface area contributed by atoms with Gasteiger partial charge in [-0.3, -0.25) is 0 Å². The Balaban J connectivity index is 2.10. The molecule has 3 rings (SSSR count). The van der Waals surface area contributed by atoms with Crippen LogP contribution in [0, 0.1) is 6.92 Å². The number of benzene rings is 1. The molecule has 1 aromatic carbocycles. The Morgan fingerprint density at radius 1 is 1.33 bits per heavy atom. The fraction of sp³-hybridized carbons (Fsp3) is 0.500. The van der Waals surface area contributed by atoms with Gasteiger partial charge in [0.15, 0.2) is 11.5 Å². The third-order valence-electron chi connectivity index (χ3n) is 3.42. The average molecular weight is 245 g/mol. The molecule has 18 heavy (non-hydrogen) atoms. The van der Waals surface area contributed by atoms with E-state index in [1.807, 2.05) is 0 Å². The van der Waals surface area contributed by atoms with Crippen molar-refractivity contribution in [2.75, 3.05) is 31.1 Å². The first kappa shape index (κ1) is 11.5. The van der Waals surface area contributed by atoms with Crippen molar-refractivity contribution in [1.29, 1.82) is 0 Å². The Bertz CT molecular complexity index is 555. The highest BCUT2D eigenvalue weighted by atomic mass is 16.3. The van der Waals surface area contributed by atoms with Crippen LogP contribution in [0.5, 0.6) is 0 Å². The van der Waals surface area contributed by atoms with Crippen molar-refractivity contribution in [2.24, 2.45) is 0 Å². The predicted octanol–water partition coefficient (Wildman–Crippen LogP) is 2.11. The first-order chi connectivity index (χ1) is 8.78. The van der Waals surface area contributed by atoms with Gasteiger partial charge in [-0.1, -0.05) is 6.92 Å². The van der Waals surface area contributed by atoms with Crippen LogP contribution in [0.2, 0.25) is 0 Å². The van der Waals surface area contributed by atoms with Crippen molar-refractivity contribution in [3.8, 4) is 0 Å². The zero-order valence-corrected chi connectivity index (χ0v) is 11.0. The molecule has 2 aromatic rings. The number of hydrogen-bond donors (Lipinski definition) is 1. The molecule has 2 heterocycles. The third-order valence-corrected chi connectivity index (χ3v) is 3.42. The van der Waals surface area contributed by atoms with Crippen LogP contribution in [0.25, 0.3) is 11.1 Å². The second-order valence-electron chi connectivity index (χ2n) is 4.83. The van der Waals surface area contributed by atoms with Gasteiger partial charge < -0.3 is 14.6 Å². The van der Waals surface area contributed by atoms with Gasteiger partial charge in [0.1, 0.15) is 5.52 Å². The van der Waals surface area contributed by atoms with Crippen LogP contribution < -0.4 is 10.2 Å². The van der Waals surface area contributed by atoms with E-state index in [4.69, 9.17) is 4.42 Å². The van der Waals surface area contributed by atoms with E-state index in [0.717, 1.165) is 49.6 Å². The quantitative estimate of drug-likeness (QED) is 0.880. The lowest BCUT2D eigenvalue weighted by Crippen LogP contribution is -2.43.